The number of carboxylic acid groups (broad SMARTS) is 1. The number of aryl methyl sites for hydroxylation is 3. The third kappa shape index (κ3) is 11.3. The lowest BCUT2D eigenvalue weighted by Crippen LogP contribution is -2.33. The lowest BCUT2D eigenvalue weighted by Gasteiger charge is -2.20. The van der Waals surface area contributed by atoms with Crippen molar-refractivity contribution in [1.29, 1.82) is 0 Å². The molecule has 5 heterocycles. The molecule has 8 bridgehead atoms. The fourth-order valence-electron chi connectivity index (χ4n) is 8.58. The maximum absolute atomic E-state index is 14.4. The standard InChI is InChI=1S/C47H66N6O8/c1-8-10-11-12-22-61-27-35-30(5)36-24-38-29(4)33(14-15-42(56)57)45(51-38)34(23-43(58)60-7)46-44(47(59)48-16-13-17-53(18-20-54)19-21-55)31(6)39(52-46)26-40-32(9-2)28(3)37(49-40)25-41(35)50-36/h24-26,29,33,49-50,54-55H,8-23,27H2,1-7H3,(H,48,59)(H,56,57). The van der Waals surface area contributed by atoms with E-state index in [-0.39, 0.29) is 44.3 Å². The Kier molecular flexibility index (Phi) is 17.2. The molecule has 5 rings (SSSR count). The summed E-state index contributed by atoms with van der Waals surface area (Å²) in [6.07, 6.45) is 5.64. The predicted octanol–water partition coefficient (Wildman–Crippen LogP) is 6.78. The Bertz CT molecular complexity index is 2230. The highest BCUT2D eigenvalue weighted by Gasteiger charge is 2.35. The molecule has 0 fully saturated rings. The molecule has 14 heteroatoms. The summed E-state index contributed by atoms with van der Waals surface area (Å²) in [7, 11) is 1.31. The van der Waals surface area contributed by atoms with E-state index in [1.165, 1.54) is 13.5 Å². The van der Waals surface area contributed by atoms with Gasteiger partial charge in [-0.25, -0.2) is 4.98 Å². The highest BCUT2D eigenvalue weighted by Crippen LogP contribution is 2.44. The van der Waals surface area contributed by atoms with E-state index in [2.05, 4.69) is 49.0 Å². The second kappa shape index (κ2) is 22.3. The topological polar surface area (TPSA) is 203 Å². The lowest BCUT2D eigenvalue weighted by atomic mass is 9.84. The number of fused-ring (bicyclic) bond motifs is 8. The number of aliphatic hydroxyl groups is 2. The van der Waals surface area contributed by atoms with Gasteiger partial charge in [0.25, 0.3) is 5.91 Å². The van der Waals surface area contributed by atoms with Crippen LogP contribution in [0.25, 0.3) is 33.2 Å². The first-order chi connectivity index (χ1) is 29.4. The molecule has 0 spiro atoms. The average molecular weight is 843 g/mol. The number of aliphatic carboxylic acids is 1. The number of esters is 1. The van der Waals surface area contributed by atoms with Crippen LogP contribution in [-0.4, -0.2) is 111 Å². The summed E-state index contributed by atoms with van der Waals surface area (Å²) in [6.45, 7) is 15.0. The summed E-state index contributed by atoms with van der Waals surface area (Å²) in [6, 6.07) is 6.10. The zero-order chi connectivity index (χ0) is 44.2. The van der Waals surface area contributed by atoms with Crippen LogP contribution in [0.15, 0.2) is 18.2 Å². The largest absolute Gasteiger partial charge is 0.481 e. The fourth-order valence-corrected chi connectivity index (χ4v) is 8.58. The van der Waals surface area contributed by atoms with Crippen LogP contribution in [-0.2, 0) is 43.3 Å². The number of hydrogen-bond acceptors (Lipinski definition) is 10. The Morgan fingerprint density at radius 2 is 1.54 bits per heavy atom. The second-order valence-electron chi connectivity index (χ2n) is 16.2. The molecule has 2 aliphatic heterocycles. The number of rotatable bonds is 22. The van der Waals surface area contributed by atoms with E-state index < -0.39 is 17.9 Å². The van der Waals surface area contributed by atoms with E-state index in [0.29, 0.717) is 85.3 Å². The van der Waals surface area contributed by atoms with E-state index in [1.54, 1.807) is 0 Å². The second-order valence-corrected chi connectivity index (χ2v) is 16.2. The molecular weight excluding hydrogens is 777 g/mol. The number of hydrogen-bond donors (Lipinski definition) is 6. The van der Waals surface area contributed by atoms with Gasteiger partial charge < -0.3 is 40.1 Å². The van der Waals surface area contributed by atoms with Crippen molar-refractivity contribution in [3.63, 3.8) is 0 Å². The quantitative estimate of drug-likeness (QED) is 0.0460. The van der Waals surface area contributed by atoms with Gasteiger partial charge in [0.1, 0.15) is 0 Å². The zero-order valence-electron chi connectivity index (χ0n) is 37.1. The number of amides is 1. The summed E-state index contributed by atoms with van der Waals surface area (Å²) >= 11 is 0. The number of methoxy groups -OCH3 is 1. The van der Waals surface area contributed by atoms with Crippen LogP contribution in [0.3, 0.4) is 0 Å². The van der Waals surface area contributed by atoms with E-state index >= 15 is 0 Å². The molecular formula is C47H66N6O8. The van der Waals surface area contributed by atoms with Gasteiger partial charge in [0, 0.05) is 83.4 Å². The highest BCUT2D eigenvalue weighted by molar-refractivity contribution is 6.27. The van der Waals surface area contributed by atoms with E-state index in [4.69, 9.17) is 19.4 Å². The number of carbonyl (C=O) groups is 3. The zero-order valence-corrected chi connectivity index (χ0v) is 37.1. The molecule has 0 radical (unpaired) electrons. The van der Waals surface area contributed by atoms with Crippen LogP contribution in [0.2, 0.25) is 0 Å². The molecule has 0 aliphatic carbocycles. The smallest absolute Gasteiger partial charge is 0.310 e. The number of carbonyl (C=O) groups excluding carboxylic acids is 2. The summed E-state index contributed by atoms with van der Waals surface area (Å²) < 4.78 is 11.5. The molecule has 61 heavy (non-hydrogen) atoms. The van der Waals surface area contributed by atoms with Crippen LogP contribution < -0.4 is 5.32 Å². The van der Waals surface area contributed by atoms with Gasteiger partial charge in [0.15, 0.2) is 0 Å². The minimum Gasteiger partial charge on any atom is -0.481 e. The molecule has 2 atom stereocenters. The maximum atomic E-state index is 14.4. The minimum atomic E-state index is -0.945. The number of H-pyrrole nitrogens is 2. The van der Waals surface area contributed by atoms with Crippen molar-refractivity contribution < 1.29 is 39.2 Å². The fraction of sp³-hybridized carbons (Fsp3) is 0.553. The molecule has 0 saturated carbocycles. The molecule has 3 aromatic rings. The predicted molar refractivity (Wildman–Crippen MR) is 238 cm³/mol. The van der Waals surface area contributed by atoms with Crippen molar-refractivity contribution >= 4 is 51.1 Å². The molecule has 14 nitrogen and oxygen atoms in total. The number of aromatic amines is 2. The van der Waals surface area contributed by atoms with Crippen molar-refractivity contribution in [3.8, 4) is 0 Å². The number of nitrogens with zero attached hydrogens (tertiary/aromatic N) is 3. The summed E-state index contributed by atoms with van der Waals surface area (Å²) in [5.41, 5.74) is 11.2. The first-order valence-electron chi connectivity index (χ1n) is 21.9. The molecule has 3 aromatic heterocycles. The Morgan fingerprint density at radius 1 is 0.852 bits per heavy atom. The summed E-state index contributed by atoms with van der Waals surface area (Å²) in [5.74, 6) is -2.51. The minimum absolute atomic E-state index is 0.0422. The molecule has 332 valence electrons. The van der Waals surface area contributed by atoms with Crippen molar-refractivity contribution in [3.05, 3.63) is 68.8 Å². The highest BCUT2D eigenvalue weighted by atomic mass is 16.5. The van der Waals surface area contributed by atoms with Crippen molar-refractivity contribution in [2.45, 2.75) is 118 Å². The number of ether oxygens (including phenoxy) is 2. The normalized spacial score (nSPS) is 15.2. The summed E-state index contributed by atoms with van der Waals surface area (Å²) in [5, 5.41) is 31.9. The Balaban J connectivity index is 1.79. The van der Waals surface area contributed by atoms with Crippen LogP contribution in [0.1, 0.15) is 135 Å². The number of allylic oxidation sites excluding steroid dienone is 1. The van der Waals surface area contributed by atoms with E-state index in [1.807, 2.05) is 30.9 Å². The Hall–Kier alpha value is -4.89. The van der Waals surface area contributed by atoms with Crippen LogP contribution in [0, 0.1) is 13.8 Å². The first kappa shape index (κ1) is 47.2. The first-order valence-corrected chi connectivity index (χ1v) is 21.9. The lowest BCUT2D eigenvalue weighted by molar-refractivity contribution is -0.140. The van der Waals surface area contributed by atoms with Crippen LogP contribution >= 0.6 is 0 Å². The van der Waals surface area contributed by atoms with Gasteiger partial charge in [-0.05, 0) is 93.5 Å². The number of nitrogens with one attached hydrogen (secondary N) is 3. The monoisotopic (exact) mass is 842 g/mol. The van der Waals surface area contributed by atoms with Gasteiger partial charge in [0.05, 0.1) is 56.0 Å². The van der Waals surface area contributed by atoms with E-state index in [0.717, 1.165) is 70.0 Å². The van der Waals surface area contributed by atoms with Gasteiger partial charge in [-0.3, -0.25) is 24.3 Å². The van der Waals surface area contributed by atoms with Gasteiger partial charge in [-0.1, -0.05) is 40.0 Å². The third-order valence-corrected chi connectivity index (χ3v) is 12.2. The van der Waals surface area contributed by atoms with E-state index in [9.17, 15) is 29.7 Å². The van der Waals surface area contributed by atoms with Gasteiger partial charge in [0.2, 0.25) is 0 Å². The van der Waals surface area contributed by atoms with Crippen LogP contribution in [0.4, 0.5) is 0 Å². The summed E-state index contributed by atoms with van der Waals surface area (Å²) in [4.78, 5) is 59.5. The molecule has 0 aromatic carbocycles. The average Bonchev–Trinajstić information content (AvgIpc) is 3.92. The third-order valence-electron chi connectivity index (χ3n) is 12.2. The molecule has 2 unspecified atom stereocenters. The van der Waals surface area contributed by atoms with Crippen molar-refractivity contribution in [2.75, 3.05) is 53.1 Å². The molecule has 0 saturated heterocycles. The van der Waals surface area contributed by atoms with Crippen LogP contribution in [0.5, 0.6) is 0 Å². The molecule has 6 N–H and O–H groups in total. The number of carboxylic acids is 1. The Morgan fingerprint density at radius 3 is 2.20 bits per heavy atom. The number of aromatic nitrogens is 4. The van der Waals surface area contributed by atoms with Gasteiger partial charge in [-0.2, -0.15) is 0 Å². The molecule has 2 aliphatic rings. The van der Waals surface area contributed by atoms with Gasteiger partial charge in [-0.15, -0.1) is 0 Å². The molecule has 1 amide bonds. The van der Waals surface area contributed by atoms with Gasteiger partial charge >= 0.3 is 11.9 Å². The van der Waals surface area contributed by atoms with Crippen molar-refractivity contribution in [1.82, 2.24) is 30.2 Å². The maximum Gasteiger partial charge on any atom is 0.310 e. The number of unbranched alkanes of at least 4 members (excludes halogenated alkanes) is 3. The SMILES string of the molecule is CCCCCCOCc1c(C)c2cc3nc(c(CC(=O)OC)c4nc(cc5[nH]c(cc1[nH]2)c(C)c5CC)C(C)=C4C(=O)NCCCN(CCO)CCO)C(CCC(=O)O)C3C. The van der Waals surface area contributed by atoms with Crippen molar-refractivity contribution in [2.24, 2.45) is 0 Å². The number of aliphatic hydroxyl groups excluding tert-OH is 2. The Labute approximate surface area is 359 Å².